The minimum atomic E-state index is 0.0577. The van der Waals surface area contributed by atoms with Gasteiger partial charge in [0.25, 0.3) is 0 Å². The summed E-state index contributed by atoms with van der Waals surface area (Å²) in [6.07, 6.45) is 2.81. The number of hydrogen-bond donors (Lipinski definition) is 0. The van der Waals surface area contributed by atoms with Crippen molar-refractivity contribution < 1.29 is 4.79 Å². The maximum Gasteiger partial charge on any atom is 0.165 e. The molecule has 0 atom stereocenters. The van der Waals surface area contributed by atoms with Crippen LogP contribution < -0.4 is 0 Å². The van der Waals surface area contributed by atoms with Gasteiger partial charge < -0.3 is 9.80 Å². The van der Waals surface area contributed by atoms with Crippen molar-refractivity contribution in [1.82, 2.24) is 9.80 Å². The standard InChI is InChI=1S/C16H22Cl2N2O/c1-19-9-6-12(7-10-19)20(2)11-8-15(21)13-4-3-5-14(17)16(13)18/h3-5,12H,6-11H2,1-2H3. The molecular formula is C16H22Cl2N2O. The molecule has 1 aromatic rings. The summed E-state index contributed by atoms with van der Waals surface area (Å²) in [5, 5.41) is 0.803. The molecule has 3 nitrogen and oxygen atoms in total. The molecule has 0 aromatic heterocycles. The van der Waals surface area contributed by atoms with Crippen molar-refractivity contribution >= 4 is 29.0 Å². The molecule has 0 aliphatic carbocycles. The highest BCUT2D eigenvalue weighted by molar-refractivity contribution is 6.43. The smallest absolute Gasteiger partial charge is 0.165 e. The van der Waals surface area contributed by atoms with Crippen molar-refractivity contribution in [1.29, 1.82) is 0 Å². The Morgan fingerprint density at radius 2 is 2.00 bits per heavy atom. The minimum absolute atomic E-state index is 0.0577. The van der Waals surface area contributed by atoms with Gasteiger partial charge >= 0.3 is 0 Å². The van der Waals surface area contributed by atoms with Crippen molar-refractivity contribution in [2.24, 2.45) is 0 Å². The predicted octanol–water partition coefficient (Wildman–Crippen LogP) is 3.59. The number of likely N-dealkylation sites (tertiary alicyclic amines) is 1. The largest absolute Gasteiger partial charge is 0.306 e. The van der Waals surface area contributed by atoms with Crippen LogP contribution in [0.15, 0.2) is 18.2 Å². The maximum absolute atomic E-state index is 12.3. The summed E-state index contributed by atoms with van der Waals surface area (Å²) < 4.78 is 0. The Kier molecular flexibility index (Phi) is 6.06. The number of hydrogen-bond acceptors (Lipinski definition) is 3. The number of carbonyl (C=O) groups excluding carboxylic acids is 1. The van der Waals surface area contributed by atoms with Crippen molar-refractivity contribution in [3.63, 3.8) is 0 Å². The van der Waals surface area contributed by atoms with Gasteiger partial charge in [-0.05, 0) is 52.2 Å². The molecule has 1 saturated heterocycles. The van der Waals surface area contributed by atoms with Crippen LogP contribution in [0.25, 0.3) is 0 Å². The number of benzene rings is 1. The first-order valence-electron chi connectivity index (χ1n) is 7.35. The van der Waals surface area contributed by atoms with E-state index in [-0.39, 0.29) is 5.78 Å². The molecule has 0 bridgehead atoms. The normalized spacial score (nSPS) is 17.4. The van der Waals surface area contributed by atoms with Crippen molar-refractivity contribution in [2.75, 3.05) is 33.7 Å². The lowest BCUT2D eigenvalue weighted by Crippen LogP contribution is -2.42. The predicted molar refractivity (Wildman–Crippen MR) is 88.6 cm³/mol. The van der Waals surface area contributed by atoms with E-state index in [2.05, 4.69) is 23.9 Å². The summed E-state index contributed by atoms with van der Waals surface area (Å²) in [7, 11) is 4.25. The van der Waals surface area contributed by atoms with Gasteiger partial charge in [-0.1, -0.05) is 29.3 Å². The molecule has 0 radical (unpaired) electrons. The molecule has 2 rings (SSSR count). The van der Waals surface area contributed by atoms with Crippen LogP contribution in [0.1, 0.15) is 29.6 Å². The van der Waals surface area contributed by atoms with Crippen LogP contribution in [0.3, 0.4) is 0 Å². The van der Waals surface area contributed by atoms with Gasteiger partial charge in [-0.15, -0.1) is 0 Å². The summed E-state index contributed by atoms with van der Waals surface area (Å²) in [4.78, 5) is 16.9. The van der Waals surface area contributed by atoms with Crippen LogP contribution in [0, 0.1) is 0 Å². The highest BCUT2D eigenvalue weighted by atomic mass is 35.5. The van der Waals surface area contributed by atoms with Gasteiger partial charge in [0.1, 0.15) is 0 Å². The van der Waals surface area contributed by atoms with E-state index in [9.17, 15) is 4.79 Å². The lowest BCUT2D eigenvalue weighted by Gasteiger charge is -2.35. The number of carbonyl (C=O) groups is 1. The molecule has 0 amide bonds. The number of Topliss-reactive ketones (excluding diaryl/α,β-unsaturated/α-hetero) is 1. The van der Waals surface area contributed by atoms with E-state index in [1.165, 1.54) is 12.8 Å². The van der Waals surface area contributed by atoms with E-state index in [1.54, 1.807) is 18.2 Å². The number of rotatable bonds is 5. The number of piperidine rings is 1. The quantitative estimate of drug-likeness (QED) is 0.771. The molecule has 5 heteroatoms. The van der Waals surface area contributed by atoms with E-state index >= 15 is 0 Å². The van der Waals surface area contributed by atoms with Crippen molar-refractivity contribution in [2.45, 2.75) is 25.3 Å². The number of ketones is 1. The second-order valence-corrected chi connectivity index (χ2v) is 6.57. The molecule has 1 heterocycles. The third-order valence-corrected chi connectivity index (χ3v) is 5.07. The third-order valence-electron chi connectivity index (χ3n) is 4.26. The summed E-state index contributed by atoms with van der Waals surface area (Å²) in [5.41, 5.74) is 0.529. The van der Waals surface area contributed by atoms with Crippen molar-refractivity contribution in [3.05, 3.63) is 33.8 Å². The van der Waals surface area contributed by atoms with Gasteiger partial charge in [-0.3, -0.25) is 4.79 Å². The molecule has 0 N–H and O–H groups in total. The fraction of sp³-hybridized carbons (Fsp3) is 0.562. The van der Waals surface area contributed by atoms with E-state index in [1.807, 2.05) is 0 Å². The van der Waals surface area contributed by atoms with Gasteiger partial charge in [0.05, 0.1) is 10.0 Å². The Morgan fingerprint density at radius 1 is 1.33 bits per heavy atom. The monoisotopic (exact) mass is 328 g/mol. The molecule has 1 aliphatic rings. The first kappa shape index (κ1) is 16.8. The second kappa shape index (κ2) is 7.59. The SMILES string of the molecule is CN1CCC(N(C)CCC(=O)c2cccc(Cl)c2Cl)CC1. The topological polar surface area (TPSA) is 23.6 Å². The van der Waals surface area contributed by atoms with Crippen LogP contribution in [-0.2, 0) is 0 Å². The number of halogens is 2. The Balaban J connectivity index is 1.87. The van der Waals surface area contributed by atoms with Crippen LogP contribution in [0.4, 0.5) is 0 Å². The zero-order valence-electron chi connectivity index (χ0n) is 12.6. The van der Waals surface area contributed by atoms with Crippen molar-refractivity contribution in [3.8, 4) is 0 Å². The summed E-state index contributed by atoms with van der Waals surface area (Å²) in [5.74, 6) is 0.0577. The molecule has 0 saturated carbocycles. The molecule has 21 heavy (non-hydrogen) atoms. The zero-order valence-corrected chi connectivity index (χ0v) is 14.1. The first-order chi connectivity index (χ1) is 9.99. The molecule has 0 spiro atoms. The average molecular weight is 329 g/mol. The maximum atomic E-state index is 12.3. The third kappa shape index (κ3) is 4.43. The van der Waals surface area contributed by atoms with E-state index < -0.39 is 0 Å². The lowest BCUT2D eigenvalue weighted by atomic mass is 10.0. The number of nitrogens with zero attached hydrogens (tertiary/aromatic N) is 2. The molecule has 1 aliphatic heterocycles. The first-order valence-corrected chi connectivity index (χ1v) is 8.10. The van der Waals surface area contributed by atoms with E-state index in [0.717, 1.165) is 19.6 Å². The van der Waals surface area contributed by atoms with Crippen LogP contribution >= 0.6 is 23.2 Å². The fourth-order valence-electron chi connectivity index (χ4n) is 2.75. The highest BCUT2D eigenvalue weighted by Crippen LogP contribution is 2.26. The zero-order chi connectivity index (χ0) is 15.4. The van der Waals surface area contributed by atoms with Gasteiger partial charge in [0.2, 0.25) is 0 Å². The summed E-state index contributed by atoms with van der Waals surface area (Å²) >= 11 is 12.1. The molecular weight excluding hydrogens is 307 g/mol. The van der Waals surface area contributed by atoms with Gasteiger partial charge in [0, 0.05) is 24.6 Å². The Morgan fingerprint density at radius 3 is 2.67 bits per heavy atom. The molecule has 1 aromatic carbocycles. The molecule has 116 valence electrons. The van der Waals surface area contributed by atoms with Gasteiger partial charge in [0.15, 0.2) is 5.78 Å². The van der Waals surface area contributed by atoms with Crippen LogP contribution in [0.2, 0.25) is 10.0 Å². The average Bonchev–Trinajstić information content (AvgIpc) is 2.48. The Labute approximate surface area is 136 Å². The van der Waals surface area contributed by atoms with E-state index in [4.69, 9.17) is 23.2 Å². The highest BCUT2D eigenvalue weighted by Gasteiger charge is 2.21. The lowest BCUT2D eigenvalue weighted by molar-refractivity contribution is 0.0939. The second-order valence-electron chi connectivity index (χ2n) is 5.79. The minimum Gasteiger partial charge on any atom is -0.306 e. The van der Waals surface area contributed by atoms with Gasteiger partial charge in [-0.25, -0.2) is 0 Å². The summed E-state index contributed by atoms with van der Waals surface area (Å²) in [6.45, 7) is 3.02. The van der Waals surface area contributed by atoms with E-state index in [0.29, 0.717) is 28.1 Å². The Bertz CT molecular complexity index is 499. The van der Waals surface area contributed by atoms with Crippen LogP contribution in [-0.4, -0.2) is 55.4 Å². The summed E-state index contributed by atoms with van der Waals surface area (Å²) in [6, 6.07) is 5.78. The molecule has 1 fully saturated rings. The van der Waals surface area contributed by atoms with Gasteiger partial charge in [-0.2, -0.15) is 0 Å². The molecule has 0 unspecified atom stereocenters. The fourth-order valence-corrected chi connectivity index (χ4v) is 3.16. The van der Waals surface area contributed by atoms with Crippen LogP contribution in [0.5, 0.6) is 0 Å². The Hall–Kier alpha value is -0.610.